The summed E-state index contributed by atoms with van der Waals surface area (Å²) in [5, 5.41) is 7.50. The van der Waals surface area contributed by atoms with E-state index in [2.05, 4.69) is 15.5 Å². The molecule has 2 heterocycles. The van der Waals surface area contributed by atoms with E-state index in [1.807, 2.05) is 25.1 Å². The Morgan fingerprint density at radius 3 is 2.95 bits per heavy atom. The van der Waals surface area contributed by atoms with Crippen LogP contribution in [0.2, 0.25) is 0 Å². The Hall–Kier alpha value is -1.88. The molecule has 0 spiro atoms. The summed E-state index contributed by atoms with van der Waals surface area (Å²) in [7, 11) is 1.67. The molecule has 1 saturated heterocycles. The Balaban J connectivity index is 1.84. The van der Waals surface area contributed by atoms with Gasteiger partial charge in [0.05, 0.1) is 13.2 Å². The van der Waals surface area contributed by atoms with Crippen molar-refractivity contribution in [1.82, 2.24) is 15.5 Å². The summed E-state index contributed by atoms with van der Waals surface area (Å²) in [6.45, 7) is 3.02. The molecule has 1 atom stereocenters. The van der Waals surface area contributed by atoms with Crippen LogP contribution in [-0.4, -0.2) is 23.8 Å². The minimum Gasteiger partial charge on any atom is -0.496 e. The first-order valence-electron chi connectivity index (χ1n) is 7.00. The molecule has 0 saturated carbocycles. The highest BCUT2D eigenvalue weighted by molar-refractivity contribution is 5.58. The lowest BCUT2D eigenvalue weighted by Gasteiger charge is -2.19. The molecule has 0 bridgehead atoms. The van der Waals surface area contributed by atoms with E-state index >= 15 is 0 Å². The lowest BCUT2D eigenvalue weighted by molar-refractivity contribution is 0.297. The van der Waals surface area contributed by atoms with Crippen molar-refractivity contribution in [1.29, 1.82) is 0 Å². The number of nitrogens with zero attached hydrogens (tertiary/aromatic N) is 2. The van der Waals surface area contributed by atoms with Crippen molar-refractivity contribution in [2.24, 2.45) is 0 Å². The number of piperidine rings is 1. The maximum absolute atomic E-state index is 5.40. The Bertz CT molecular complexity index is 589. The van der Waals surface area contributed by atoms with E-state index in [1.54, 1.807) is 7.11 Å². The normalized spacial score (nSPS) is 19.0. The van der Waals surface area contributed by atoms with Crippen LogP contribution in [0.1, 0.15) is 36.8 Å². The van der Waals surface area contributed by atoms with E-state index in [1.165, 1.54) is 12.8 Å². The summed E-state index contributed by atoms with van der Waals surface area (Å²) >= 11 is 0. The van der Waals surface area contributed by atoms with Crippen molar-refractivity contribution < 1.29 is 9.26 Å². The van der Waals surface area contributed by atoms with Crippen molar-refractivity contribution in [3.8, 4) is 17.1 Å². The second-order valence-electron chi connectivity index (χ2n) is 5.14. The maximum Gasteiger partial charge on any atom is 0.244 e. The minimum absolute atomic E-state index is 0.198. The summed E-state index contributed by atoms with van der Waals surface area (Å²) in [6, 6.07) is 6.10. The van der Waals surface area contributed by atoms with Crippen molar-refractivity contribution in [2.75, 3.05) is 13.7 Å². The fraction of sp³-hybridized carbons (Fsp3) is 0.467. The number of hydrogen-bond acceptors (Lipinski definition) is 5. The highest BCUT2D eigenvalue weighted by atomic mass is 16.5. The largest absolute Gasteiger partial charge is 0.496 e. The average Bonchev–Trinajstić information content (AvgIpc) is 2.98. The van der Waals surface area contributed by atoms with Gasteiger partial charge in [0.15, 0.2) is 0 Å². The number of rotatable bonds is 3. The second-order valence-corrected chi connectivity index (χ2v) is 5.14. The van der Waals surface area contributed by atoms with Gasteiger partial charge in [-0.2, -0.15) is 4.98 Å². The monoisotopic (exact) mass is 273 g/mol. The van der Waals surface area contributed by atoms with Gasteiger partial charge in [0.25, 0.3) is 0 Å². The molecule has 1 aromatic carbocycles. The standard InChI is InChI=1S/C15H19N3O2/c1-10-9-11(6-7-13(10)19-2)14-17-15(20-18-14)12-5-3-4-8-16-12/h6-7,9,12,16H,3-5,8H2,1-2H3/t12-/m0/s1. The lowest BCUT2D eigenvalue weighted by Crippen LogP contribution is -2.26. The summed E-state index contributed by atoms with van der Waals surface area (Å²) in [5.41, 5.74) is 2.02. The van der Waals surface area contributed by atoms with Crippen molar-refractivity contribution >= 4 is 0 Å². The zero-order valence-corrected chi connectivity index (χ0v) is 11.8. The van der Waals surface area contributed by atoms with Crippen LogP contribution in [0, 0.1) is 6.92 Å². The number of nitrogens with one attached hydrogen (secondary N) is 1. The molecule has 5 nitrogen and oxygen atoms in total. The van der Waals surface area contributed by atoms with Gasteiger partial charge in [-0.3, -0.25) is 0 Å². The number of methoxy groups -OCH3 is 1. The van der Waals surface area contributed by atoms with E-state index in [0.717, 1.165) is 29.8 Å². The number of aryl methyl sites for hydroxylation is 1. The Labute approximate surface area is 118 Å². The molecule has 20 heavy (non-hydrogen) atoms. The van der Waals surface area contributed by atoms with Gasteiger partial charge in [-0.15, -0.1) is 0 Å². The predicted molar refractivity (Wildman–Crippen MR) is 75.6 cm³/mol. The summed E-state index contributed by atoms with van der Waals surface area (Å²) in [6.07, 6.45) is 3.48. The van der Waals surface area contributed by atoms with Crippen LogP contribution < -0.4 is 10.1 Å². The quantitative estimate of drug-likeness (QED) is 0.931. The van der Waals surface area contributed by atoms with Gasteiger partial charge in [0.1, 0.15) is 5.75 Å². The maximum atomic E-state index is 5.40. The van der Waals surface area contributed by atoms with Crippen LogP contribution in [0.25, 0.3) is 11.4 Å². The van der Waals surface area contributed by atoms with Crippen LogP contribution in [-0.2, 0) is 0 Å². The summed E-state index contributed by atoms with van der Waals surface area (Å²) < 4.78 is 10.7. The zero-order chi connectivity index (χ0) is 13.9. The number of benzene rings is 1. The Kier molecular flexibility index (Phi) is 3.69. The number of ether oxygens (including phenoxy) is 1. The lowest BCUT2D eigenvalue weighted by atomic mass is 10.1. The van der Waals surface area contributed by atoms with Crippen LogP contribution in [0.3, 0.4) is 0 Å². The molecule has 3 rings (SSSR count). The first-order chi connectivity index (χ1) is 9.78. The molecule has 0 radical (unpaired) electrons. The van der Waals surface area contributed by atoms with Crippen LogP contribution >= 0.6 is 0 Å². The van der Waals surface area contributed by atoms with Crippen LogP contribution in [0.4, 0.5) is 0 Å². The highest BCUT2D eigenvalue weighted by Gasteiger charge is 2.21. The van der Waals surface area contributed by atoms with Gasteiger partial charge in [-0.1, -0.05) is 11.6 Å². The summed E-state index contributed by atoms with van der Waals surface area (Å²) in [4.78, 5) is 4.52. The molecule has 0 amide bonds. The third-order valence-electron chi connectivity index (χ3n) is 3.70. The van der Waals surface area contributed by atoms with E-state index in [9.17, 15) is 0 Å². The third kappa shape index (κ3) is 2.54. The topological polar surface area (TPSA) is 60.2 Å². The molecular formula is C15H19N3O2. The fourth-order valence-electron chi connectivity index (χ4n) is 2.57. The Morgan fingerprint density at radius 2 is 2.25 bits per heavy atom. The van der Waals surface area contributed by atoms with Crippen LogP contribution in [0.5, 0.6) is 5.75 Å². The number of aromatic nitrogens is 2. The van der Waals surface area contributed by atoms with E-state index in [-0.39, 0.29) is 6.04 Å². The van der Waals surface area contributed by atoms with Gasteiger partial charge < -0.3 is 14.6 Å². The molecule has 5 heteroatoms. The molecule has 1 aromatic heterocycles. The van der Waals surface area contributed by atoms with Gasteiger partial charge >= 0.3 is 0 Å². The van der Waals surface area contributed by atoms with E-state index in [4.69, 9.17) is 9.26 Å². The zero-order valence-electron chi connectivity index (χ0n) is 11.8. The van der Waals surface area contributed by atoms with Gasteiger partial charge in [-0.25, -0.2) is 0 Å². The molecule has 0 aliphatic carbocycles. The van der Waals surface area contributed by atoms with Gasteiger partial charge in [-0.05, 0) is 50.1 Å². The molecule has 106 valence electrons. The van der Waals surface area contributed by atoms with Crippen molar-refractivity contribution in [3.63, 3.8) is 0 Å². The van der Waals surface area contributed by atoms with E-state index < -0.39 is 0 Å². The average molecular weight is 273 g/mol. The molecular weight excluding hydrogens is 254 g/mol. The number of hydrogen-bond donors (Lipinski definition) is 1. The minimum atomic E-state index is 0.198. The third-order valence-corrected chi connectivity index (χ3v) is 3.70. The molecule has 0 unspecified atom stereocenters. The van der Waals surface area contributed by atoms with Crippen LogP contribution in [0.15, 0.2) is 22.7 Å². The smallest absolute Gasteiger partial charge is 0.244 e. The van der Waals surface area contributed by atoms with E-state index in [0.29, 0.717) is 11.7 Å². The molecule has 1 N–H and O–H groups in total. The highest BCUT2D eigenvalue weighted by Crippen LogP contribution is 2.27. The molecule has 1 aliphatic heterocycles. The summed E-state index contributed by atoms with van der Waals surface area (Å²) in [5.74, 6) is 2.19. The van der Waals surface area contributed by atoms with Gasteiger partial charge in [0.2, 0.25) is 11.7 Å². The second kappa shape index (κ2) is 5.63. The first kappa shape index (κ1) is 13.1. The fourth-order valence-corrected chi connectivity index (χ4v) is 2.57. The predicted octanol–water partition coefficient (Wildman–Crippen LogP) is 2.87. The van der Waals surface area contributed by atoms with Crippen molar-refractivity contribution in [3.05, 3.63) is 29.7 Å². The molecule has 1 fully saturated rings. The van der Waals surface area contributed by atoms with Gasteiger partial charge in [0, 0.05) is 5.56 Å². The van der Waals surface area contributed by atoms with Crippen molar-refractivity contribution in [2.45, 2.75) is 32.2 Å². The Morgan fingerprint density at radius 1 is 1.35 bits per heavy atom. The molecule has 2 aromatic rings. The first-order valence-corrected chi connectivity index (χ1v) is 7.00. The SMILES string of the molecule is COc1ccc(-c2noc([C@@H]3CCCCN3)n2)cc1C. The molecule has 1 aliphatic rings.